The quantitative estimate of drug-likeness (QED) is 0.510. The van der Waals surface area contributed by atoms with Gasteiger partial charge in [0.1, 0.15) is 5.82 Å². The van der Waals surface area contributed by atoms with Gasteiger partial charge in [-0.3, -0.25) is 5.43 Å². The number of nitrogens with zero attached hydrogens (tertiary/aromatic N) is 2. The third-order valence-electron chi connectivity index (χ3n) is 2.57. The third-order valence-corrected chi connectivity index (χ3v) is 2.57. The Labute approximate surface area is 102 Å². The van der Waals surface area contributed by atoms with E-state index in [1.54, 1.807) is 13.3 Å². The van der Waals surface area contributed by atoms with Crippen LogP contribution in [0.15, 0.2) is 6.20 Å². The molecule has 0 aliphatic rings. The van der Waals surface area contributed by atoms with Gasteiger partial charge in [-0.25, -0.2) is 10.8 Å². The fourth-order valence-corrected chi connectivity index (χ4v) is 1.41. The first kappa shape index (κ1) is 13.7. The van der Waals surface area contributed by atoms with E-state index in [0.717, 1.165) is 11.4 Å². The van der Waals surface area contributed by atoms with E-state index in [9.17, 15) is 0 Å². The molecule has 0 fully saturated rings. The van der Waals surface area contributed by atoms with Crippen LogP contribution in [0.4, 0.5) is 11.8 Å². The molecule has 1 aromatic rings. The van der Waals surface area contributed by atoms with Crippen LogP contribution >= 0.6 is 0 Å². The Bertz CT molecular complexity index is 356. The minimum atomic E-state index is 0.208. The second kappa shape index (κ2) is 6.36. The molecule has 0 aliphatic heterocycles. The number of anilines is 2. The highest BCUT2D eigenvalue weighted by molar-refractivity contribution is 5.46. The number of aromatic nitrogens is 2. The van der Waals surface area contributed by atoms with Crippen molar-refractivity contribution in [1.82, 2.24) is 9.97 Å². The van der Waals surface area contributed by atoms with Gasteiger partial charge in [-0.2, -0.15) is 4.98 Å². The van der Waals surface area contributed by atoms with Gasteiger partial charge in [0.2, 0.25) is 5.95 Å². The van der Waals surface area contributed by atoms with Crippen molar-refractivity contribution >= 4 is 11.8 Å². The van der Waals surface area contributed by atoms with Crippen LogP contribution in [-0.2, 0) is 4.74 Å². The number of rotatable bonds is 6. The molecule has 0 amide bonds. The lowest BCUT2D eigenvalue weighted by molar-refractivity contribution is 0.171. The lowest BCUT2D eigenvalue weighted by Crippen LogP contribution is -2.31. The van der Waals surface area contributed by atoms with E-state index in [0.29, 0.717) is 18.5 Å². The highest BCUT2D eigenvalue weighted by Gasteiger charge is 2.15. The maximum absolute atomic E-state index is 5.29. The number of ether oxygens (including phenoxy) is 1. The predicted molar refractivity (Wildman–Crippen MR) is 68.7 cm³/mol. The Morgan fingerprint density at radius 3 is 2.71 bits per heavy atom. The molecule has 4 N–H and O–H groups in total. The molecule has 0 bridgehead atoms. The molecule has 0 radical (unpaired) electrons. The molecule has 0 saturated carbocycles. The average molecular weight is 239 g/mol. The minimum Gasteiger partial charge on any atom is -0.383 e. The molecule has 96 valence electrons. The molecule has 0 saturated heterocycles. The van der Waals surface area contributed by atoms with Crippen LogP contribution in [-0.4, -0.2) is 29.7 Å². The van der Waals surface area contributed by atoms with Crippen LogP contribution in [0.3, 0.4) is 0 Å². The van der Waals surface area contributed by atoms with E-state index >= 15 is 0 Å². The summed E-state index contributed by atoms with van der Waals surface area (Å²) in [5, 5.41) is 3.35. The first-order chi connectivity index (χ1) is 8.08. The third kappa shape index (κ3) is 3.83. The monoisotopic (exact) mass is 239 g/mol. The van der Waals surface area contributed by atoms with Crippen molar-refractivity contribution in [2.45, 2.75) is 26.8 Å². The van der Waals surface area contributed by atoms with Crippen molar-refractivity contribution in [2.24, 2.45) is 11.8 Å². The highest BCUT2D eigenvalue weighted by atomic mass is 16.5. The average Bonchev–Trinajstić information content (AvgIpc) is 2.31. The smallest absolute Gasteiger partial charge is 0.239 e. The van der Waals surface area contributed by atoms with Crippen LogP contribution in [0, 0.1) is 12.8 Å². The zero-order valence-corrected chi connectivity index (χ0v) is 10.8. The largest absolute Gasteiger partial charge is 0.383 e. The molecule has 6 nitrogen and oxygen atoms in total. The normalized spacial score (nSPS) is 12.6. The summed E-state index contributed by atoms with van der Waals surface area (Å²) in [7, 11) is 1.69. The molecule has 0 aliphatic carbocycles. The van der Waals surface area contributed by atoms with E-state index in [1.807, 2.05) is 6.92 Å². The van der Waals surface area contributed by atoms with Gasteiger partial charge in [-0.05, 0) is 12.8 Å². The van der Waals surface area contributed by atoms with Crippen molar-refractivity contribution in [3.05, 3.63) is 11.8 Å². The number of methoxy groups -OCH3 is 1. The topological polar surface area (TPSA) is 85.1 Å². The molecule has 1 rings (SSSR count). The minimum absolute atomic E-state index is 0.208. The van der Waals surface area contributed by atoms with Crippen LogP contribution in [0.25, 0.3) is 0 Å². The SMILES string of the molecule is COCC(Nc1nc(NN)ncc1C)C(C)C. The maximum Gasteiger partial charge on any atom is 0.239 e. The first-order valence-corrected chi connectivity index (χ1v) is 5.64. The molecule has 0 spiro atoms. The van der Waals surface area contributed by atoms with E-state index in [2.05, 4.69) is 34.6 Å². The fraction of sp³-hybridized carbons (Fsp3) is 0.636. The Kier molecular flexibility index (Phi) is 5.11. The van der Waals surface area contributed by atoms with Gasteiger partial charge in [-0.1, -0.05) is 13.8 Å². The fourth-order valence-electron chi connectivity index (χ4n) is 1.41. The van der Waals surface area contributed by atoms with Gasteiger partial charge in [-0.15, -0.1) is 0 Å². The number of nitrogens with two attached hydrogens (primary N) is 1. The number of aryl methyl sites for hydroxylation is 1. The molecule has 17 heavy (non-hydrogen) atoms. The van der Waals surface area contributed by atoms with Crippen LogP contribution in [0.2, 0.25) is 0 Å². The number of hydrogen-bond donors (Lipinski definition) is 3. The van der Waals surface area contributed by atoms with Gasteiger partial charge in [0.25, 0.3) is 0 Å². The standard InChI is InChI=1S/C11H21N5O/c1-7(2)9(6-17-4)14-10-8(3)5-13-11(15-10)16-12/h5,7,9H,6,12H2,1-4H3,(H2,13,14,15,16). The van der Waals surface area contributed by atoms with Crippen molar-refractivity contribution in [3.63, 3.8) is 0 Å². The van der Waals surface area contributed by atoms with Gasteiger partial charge < -0.3 is 10.1 Å². The van der Waals surface area contributed by atoms with Gasteiger partial charge >= 0.3 is 0 Å². The lowest BCUT2D eigenvalue weighted by Gasteiger charge is -2.23. The van der Waals surface area contributed by atoms with Crippen molar-refractivity contribution in [1.29, 1.82) is 0 Å². The van der Waals surface area contributed by atoms with Crippen molar-refractivity contribution in [2.75, 3.05) is 24.5 Å². The van der Waals surface area contributed by atoms with Crippen molar-refractivity contribution < 1.29 is 4.74 Å². The van der Waals surface area contributed by atoms with Crippen LogP contribution in [0.1, 0.15) is 19.4 Å². The van der Waals surface area contributed by atoms with Gasteiger partial charge in [0.15, 0.2) is 0 Å². The molecular formula is C11H21N5O. The Hall–Kier alpha value is -1.40. The molecule has 6 heteroatoms. The highest BCUT2D eigenvalue weighted by Crippen LogP contribution is 2.16. The first-order valence-electron chi connectivity index (χ1n) is 5.64. The zero-order valence-electron chi connectivity index (χ0n) is 10.8. The van der Waals surface area contributed by atoms with E-state index in [-0.39, 0.29) is 6.04 Å². The van der Waals surface area contributed by atoms with Crippen LogP contribution in [0.5, 0.6) is 0 Å². The molecule has 1 aromatic heterocycles. The van der Waals surface area contributed by atoms with Gasteiger partial charge in [0, 0.05) is 18.9 Å². The molecular weight excluding hydrogens is 218 g/mol. The van der Waals surface area contributed by atoms with E-state index in [4.69, 9.17) is 10.6 Å². The summed E-state index contributed by atoms with van der Waals surface area (Å²) in [5.74, 6) is 6.92. The summed E-state index contributed by atoms with van der Waals surface area (Å²) < 4.78 is 5.19. The zero-order chi connectivity index (χ0) is 12.8. The molecule has 1 unspecified atom stereocenters. The van der Waals surface area contributed by atoms with E-state index < -0.39 is 0 Å². The number of nitrogen functional groups attached to an aromatic ring is 1. The molecule has 1 heterocycles. The molecule has 1 atom stereocenters. The Morgan fingerprint density at radius 1 is 1.47 bits per heavy atom. The summed E-state index contributed by atoms with van der Waals surface area (Å²) in [5.41, 5.74) is 3.41. The predicted octanol–water partition coefficient (Wildman–Crippen LogP) is 1.15. The maximum atomic E-state index is 5.29. The Morgan fingerprint density at radius 2 is 2.18 bits per heavy atom. The number of nitrogens with one attached hydrogen (secondary N) is 2. The van der Waals surface area contributed by atoms with Crippen LogP contribution < -0.4 is 16.6 Å². The summed E-state index contributed by atoms with van der Waals surface area (Å²) in [6.07, 6.45) is 1.73. The summed E-state index contributed by atoms with van der Waals surface area (Å²) in [4.78, 5) is 8.32. The summed E-state index contributed by atoms with van der Waals surface area (Å²) >= 11 is 0. The second-order valence-electron chi connectivity index (χ2n) is 4.32. The second-order valence-corrected chi connectivity index (χ2v) is 4.32. The van der Waals surface area contributed by atoms with Crippen molar-refractivity contribution in [3.8, 4) is 0 Å². The number of hydrogen-bond acceptors (Lipinski definition) is 6. The summed E-state index contributed by atoms with van der Waals surface area (Å²) in [6, 6.07) is 0.208. The number of hydrazine groups is 1. The van der Waals surface area contributed by atoms with E-state index in [1.165, 1.54) is 0 Å². The Balaban J connectivity index is 2.84. The van der Waals surface area contributed by atoms with Gasteiger partial charge in [0.05, 0.1) is 12.6 Å². The summed E-state index contributed by atoms with van der Waals surface area (Å²) in [6.45, 7) is 6.85. The molecule has 0 aromatic carbocycles. The lowest BCUT2D eigenvalue weighted by atomic mass is 10.1.